The van der Waals surface area contributed by atoms with E-state index in [0.717, 1.165) is 11.7 Å². The summed E-state index contributed by atoms with van der Waals surface area (Å²) >= 11 is 5.33. The van der Waals surface area contributed by atoms with Crippen molar-refractivity contribution in [2.24, 2.45) is 7.05 Å². The fraction of sp³-hybridized carbons (Fsp3) is 0.692. The highest BCUT2D eigenvalue weighted by Gasteiger charge is 2.14. The van der Waals surface area contributed by atoms with Crippen LogP contribution in [0.25, 0.3) is 0 Å². The molecule has 1 aliphatic rings. The van der Waals surface area contributed by atoms with Gasteiger partial charge in [-0.2, -0.15) is 5.10 Å². The molecule has 1 aromatic heterocycles. The predicted molar refractivity (Wildman–Crippen MR) is 77.4 cm³/mol. The molecule has 18 heavy (non-hydrogen) atoms. The first-order chi connectivity index (χ1) is 8.66. The summed E-state index contributed by atoms with van der Waals surface area (Å²) in [6, 6.07) is 0.564. The normalized spacial score (nSPS) is 16.6. The number of hydrogen-bond donors (Lipinski definition) is 2. The summed E-state index contributed by atoms with van der Waals surface area (Å²) in [5, 5.41) is 11.7. The fourth-order valence-corrected chi connectivity index (χ4v) is 2.62. The van der Waals surface area contributed by atoms with Gasteiger partial charge in [-0.3, -0.25) is 4.68 Å². The molecule has 0 amide bonds. The van der Waals surface area contributed by atoms with E-state index in [-0.39, 0.29) is 0 Å². The maximum absolute atomic E-state index is 5.33. The number of hydrogen-bond acceptors (Lipinski definition) is 2. The maximum Gasteiger partial charge on any atom is 0.166 e. The van der Waals surface area contributed by atoms with Gasteiger partial charge < -0.3 is 10.6 Å². The highest BCUT2D eigenvalue weighted by molar-refractivity contribution is 7.80. The van der Waals surface area contributed by atoms with Gasteiger partial charge in [0.1, 0.15) is 0 Å². The third kappa shape index (κ3) is 3.45. The van der Waals surface area contributed by atoms with Crippen molar-refractivity contribution in [2.75, 3.05) is 0 Å². The Balaban J connectivity index is 1.76. The molecule has 0 spiro atoms. The average molecular weight is 266 g/mol. The van der Waals surface area contributed by atoms with Crippen LogP contribution < -0.4 is 10.6 Å². The molecule has 2 N–H and O–H groups in total. The van der Waals surface area contributed by atoms with Crippen molar-refractivity contribution in [3.05, 3.63) is 17.5 Å². The van der Waals surface area contributed by atoms with Crippen LogP contribution in [-0.4, -0.2) is 20.9 Å². The minimum Gasteiger partial charge on any atom is -0.360 e. The van der Waals surface area contributed by atoms with Crippen LogP contribution in [0.15, 0.2) is 6.20 Å². The van der Waals surface area contributed by atoms with Crippen LogP contribution >= 0.6 is 12.2 Å². The van der Waals surface area contributed by atoms with Gasteiger partial charge in [0.25, 0.3) is 0 Å². The van der Waals surface area contributed by atoms with E-state index < -0.39 is 0 Å². The largest absolute Gasteiger partial charge is 0.360 e. The number of nitrogens with one attached hydrogen (secondary N) is 2. The van der Waals surface area contributed by atoms with Crippen LogP contribution in [0.1, 0.15) is 43.4 Å². The molecule has 0 aliphatic heterocycles. The van der Waals surface area contributed by atoms with Gasteiger partial charge in [-0.15, -0.1) is 0 Å². The van der Waals surface area contributed by atoms with Crippen LogP contribution in [0.5, 0.6) is 0 Å². The first-order valence-corrected chi connectivity index (χ1v) is 7.09. The van der Waals surface area contributed by atoms with Gasteiger partial charge in [0.2, 0.25) is 0 Å². The monoisotopic (exact) mass is 266 g/mol. The molecule has 0 bridgehead atoms. The van der Waals surface area contributed by atoms with Crippen molar-refractivity contribution in [3.8, 4) is 0 Å². The second-order valence-electron chi connectivity index (χ2n) is 5.04. The molecule has 2 rings (SSSR count). The average Bonchev–Trinajstić information content (AvgIpc) is 2.69. The lowest BCUT2D eigenvalue weighted by Gasteiger charge is -2.24. The Hall–Kier alpha value is -1.10. The SMILES string of the molecule is Cc1c(CNC(=S)NC2CCCCC2)cnn1C. The van der Waals surface area contributed by atoms with E-state index in [1.54, 1.807) is 0 Å². The van der Waals surface area contributed by atoms with E-state index in [9.17, 15) is 0 Å². The Morgan fingerprint density at radius 3 is 2.78 bits per heavy atom. The second-order valence-corrected chi connectivity index (χ2v) is 5.45. The smallest absolute Gasteiger partial charge is 0.166 e. The van der Waals surface area contributed by atoms with Gasteiger partial charge in [-0.05, 0) is 32.0 Å². The minimum absolute atomic E-state index is 0.564. The quantitative estimate of drug-likeness (QED) is 0.822. The first kappa shape index (κ1) is 13.3. The molecule has 1 heterocycles. The maximum atomic E-state index is 5.33. The highest BCUT2D eigenvalue weighted by atomic mass is 32.1. The van der Waals surface area contributed by atoms with Crippen LogP contribution in [0.4, 0.5) is 0 Å². The zero-order chi connectivity index (χ0) is 13.0. The third-order valence-electron chi connectivity index (χ3n) is 3.72. The van der Waals surface area contributed by atoms with E-state index in [1.165, 1.54) is 43.4 Å². The minimum atomic E-state index is 0.564. The van der Waals surface area contributed by atoms with Crippen LogP contribution in [0.3, 0.4) is 0 Å². The summed E-state index contributed by atoms with van der Waals surface area (Å²) in [7, 11) is 1.96. The molecule has 4 nitrogen and oxygen atoms in total. The predicted octanol–water partition coefficient (Wildman–Crippen LogP) is 2.03. The summed E-state index contributed by atoms with van der Waals surface area (Å²) in [5.41, 5.74) is 2.38. The van der Waals surface area contributed by atoms with Gasteiger partial charge in [0, 0.05) is 30.9 Å². The Morgan fingerprint density at radius 1 is 1.44 bits per heavy atom. The molecule has 1 aromatic rings. The fourth-order valence-electron chi connectivity index (χ4n) is 2.38. The van der Waals surface area contributed by atoms with Crippen molar-refractivity contribution >= 4 is 17.3 Å². The Kier molecular flexibility index (Phi) is 4.58. The number of nitrogens with zero attached hydrogens (tertiary/aromatic N) is 2. The molecule has 0 unspecified atom stereocenters. The summed E-state index contributed by atoms with van der Waals surface area (Å²) < 4.78 is 1.88. The van der Waals surface area contributed by atoms with Gasteiger partial charge in [-0.25, -0.2) is 0 Å². The van der Waals surface area contributed by atoms with Crippen molar-refractivity contribution in [3.63, 3.8) is 0 Å². The Labute approximate surface area is 114 Å². The molecule has 1 aliphatic carbocycles. The van der Waals surface area contributed by atoms with E-state index in [1.807, 2.05) is 17.9 Å². The zero-order valence-electron chi connectivity index (χ0n) is 11.2. The summed E-state index contributed by atoms with van der Waals surface area (Å²) in [5.74, 6) is 0. The lowest BCUT2D eigenvalue weighted by molar-refractivity contribution is 0.412. The van der Waals surface area contributed by atoms with Crippen molar-refractivity contribution in [1.82, 2.24) is 20.4 Å². The van der Waals surface area contributed by atoms with Crippen LogP contribution in [0.2, 0.25) is 0 Å². The van der Waals surface area contributed by atoms with Crippen molar-refractivity contribution in [1.29, 1.82) is 0 Å². The second kappa shape index (κ2) is 6.18. The highest BCUT2D eigenvalue weighted by Crippen LogP contribution is 2.17. The van der Waals surface area contributed by atoms with Gasteiger partial charge >= 0.3 is 0 Å². The molecule has 0 atom stereocenters. The van der Waals surface area contributed by atoms with Crippen molar-refractivity contribution in [2.45, 2.75) is 51.6 Å². The topological polar surface area (TPSA) is 41.9 Å². The number of rotatable bonds is 3. The molecular weight excluding hydrogens is 244 g/mol. The molecule has 5 heteroatoms. The summed E-state index contributed by atoms with van der Waals surface area (Å²) in [4.78, 5) is 0. The van der Waals surface area contributed by atoms with E-state index in [0.29, 0.717) is 6.04 Å². The number of thiocarbonyl (C=S) groups is 1. The lowest BCUT2D eigenvalue weighted by Crippen LogP contribution is -2.42. The van der Waals surface area contributed by atoms with Gasteiger partial charge in [-0.1, -0.05) is 19.3 Å². The van der Waals surface area contributed by atoms with E-state index in [2.05, 4.69) is 22.7 Å². The molecule has 1 saturated carbocycles. The van der Waals surface area contributed by atoms with Crippen LogP contribution in [-0.2, 0) is 13.6 Å². The first-order valence-electron chi connectivity index (χ1n) is 6.68. The number of aromatic nitrogens is 2. The molecular formula is C13H22N4S. The Morgan fingerprint density at radius 2 is 2.17 bits per heavy atom. The third-order valence-corrected chi connectivity index (χ3v) is 3.98. The molecule has 1 fully saturated rings. The molecule has 0 saturated heterocycles. The van der Waals surface area contributed by atoms with Gasteiger partial charge in [0.15, 0.2) is 5.11 Å². The molecule has 0 radical (unpaired) electrons. The molecule has 100 valence electrons. The van der Waals surface area contributed by atoms with E-state index >= 15 is 0 Å². The standard InChI is InChI=1S/C13H22N4S/c1-10-11(9-15-17(10)2)8-14-13(18)16-12-6-4-3-5-7-12/h9,12H,3-8H2,1-2H3,(H2,14,16,18). The number of aryl methyl sites for hydroxylation is 1. The van der Waals surface area contributed by atoms with Gasteiger partial charge in [0.05, 0.1) is 6.20 Å². The lowest BCUT2D eigenvalue weighted by atomic mass is 9.96. The molecule has 0 aromatic carbocycles. The van der Waals surface area contributed by atoms with Crippen molar-refractivity contribution < 1.29 is 0 Å². The zero-order valence-corrected chi connectivity index (χ0v) is 12.0. The summed E-state index contributed by atoms with van der Waals surface area (Å²) in [6.07, 6.45) is 8.39. The Bertz CT molecular complexity index is 407. The van der Waals surface area contributed by atoms with E-state index in [4.69, 9.17) is 12.2 Å². The van der Waals surface area contributed by atoms with Crippen LogP contribution in [0, 0.1) is 6.92 Å². The summed E-state index contributed by atoms with van der Waals surface area (Å²) in [6.45, 7) is 2.82.